The Morgan fingerprint density at radius 3 is 3.00 bits per heavy atom. The Morgan fingerprint density at radius 2 is 2.43 bits per heavy atom. The molecule has 2 rings (SSSR count). The van der Waals surface area contributed by atoms with Crippen molar-refractivity contribution in [1.29, 1.82) is 0 Å². The second-order valence-electron chi connectivity index (χ2n) is 3.64. The van der Waals surface area contributed by atoms with Gasteiger partial charge in [-0.05, 0) is 18.6 Å². The van der Waals surface area contributed by atoms with E-state index >= 15 is 0 Å². The first-order valence-corrected chi connectivity index (χ1v) is 4.76. The number of aromatic nitrogens is 2. The minimum Gasteiger partial charge on any atom is -0.388 e. The van der Waals surface area contributed by atoms with E-state index in [-0.39, 0.29) is 6.10 Å². The molecule has 2 heterocycles. The molecule has 0 saturated heterocycles. The summed E-state index contributed by atoms with van der Waals surface area (Å²) in [4.78, 5) is 4.23. The zero-order chi connectivity index (χ0) is 10.1. The van der Waals surface area contributed by atoms with Crippen LogP contribution in [0.4, 0.5) is 0 Å². The molecular weight excluding hydrogens is 178 g/mol. The summed E-state index contributed by atoms with van der Waals surface area (Å²) in [5.41, 5.74) is 2.20. The van der Waals surface area contributed by atoms with Gasteiger partial charge in [-0.1, -0.05) is 0 Å². The molecule has 76 valence electrons. The molecule has 1 unspecified atom stereocenters. The van der Waals surface area contributed by atoms with E-state index < -0.39 is 0 Å². The summed E-state index contributed by atoms with van der Waals surface area (Å²) >= 11 is 0. The first-order chi connectivity index (χ1) is 6.68. The van der Waals surface area contributed by atoms with Gasteiger partial charge in [0, 0.05) is 20.1 Å². The summed E-state index contributed by atoms with van der Waals surface area (Å²) in [6.07, 6.45) is 3.36. The normalized spacial score (nSPS) is 22.2. The number of β-amino-alcohol motifs (C(OH)–C–C–N with tert-alkyl or cyclic N) is 1. The molecule has 0 bridgehead atoms. The van der Waals surface area contributed by atoms with Gasteiger partial charge < -0.3 is 15.0 Å². The molecular formula is C10H15N3O. The molecule has 4 heteroatoms. The van der Waals surface area contributed by atoms with Crippen LogP contribution in [-0.4, -0.2) is 33.9 Å². The molecule has 1 aromatic rings. The summed E-state index contributed by atoms with van der Waals surface area (Å²) in [5, 5.41) is 12.6. The molecule has 2 N–H and O–H groups in total. The van der Waals surface area contributed by atoms with Crippen LogP contribution < -0.4 is 5.32 Å². The number of aryl methyl sites for hydroxylation is 1. The summed E-state index contributed by atoms with van der Waals surface area (Å²) in [6, 6.07) is 0. The lowest BCUT2D eigenvalue weighted by Gasteiger charge is -2.18. The monoisotopic (exact) mass is 193 g/mol. The number of aliphatic hydroxyl groups excluding tert-OH is 1. The van der Waals surface area contributed by atoms with E-state index in [4.69, 9.17) is 0 Å². The molecule has 0 amide bonds. The van der Waals surface area contributed by atoms with E-state index in [0.717, 1.165) is 23.6 Å². The Balaban J connectivity index is 2.35. The first-order valence-electron chi connectivity index (χ1n) is 4.76. The van der Waals surface area contributed by atoms with Crippen LogP contribution in [0.15, 0.2) is 12.3 Å². The van der Waals surface area contributed by atoms with Crippen molar-refractivity contribution in [1.82, 2.24) is 14.9 Å². The Labute approximate surface area is 83.3 Å². The highest BCUT2D eigenvalue weighted by Crippen LogP contribution is 2.17. The van der Waals surface area contributed by atoms with E-state index in [1.54, 1.807) is 0 Å². The Morgan fingerprint density at radius 1 is 1.64 bits per heavy atom. The molecule has 0 radical (unpaired) electrons. The highest BCUT2D eigenvalue weighted by atomic mass is 16.3. The quantitative estimate of drug-likeness (QED) is 0.664. The van der Waals surface area contributed by atoms with Crippen LogP contribution in [0.5, 0.6) is 0 Å². The smallest absolute Gasteiger partial charge is 0.105 e. The average molecular weight is 193 g/mol. The lowest BCUT2D eigenvalue weighted by molar-refractivity contribution is 0.217. The van der Waals surface area contributed by atoms with E-state index in [1.807, 2.05) is 30.8 Å². The van der Waals surface area contributed by atoms with Crippen molar-refractivity contribution in [2.45, 2.75) is 13.0 Å². The van der Waals surface area contributed by atoms with Crippen molar-refractivity contribution in [2.24, 2.45) is 7.05 Å². The summed E-state index contributed by atoms with van der Waals surface area (Å²) in [6.45, 7) is 3.41. The predicted molar refractivity (Wildman–Crippen MR) is 54.8 cm³/mol. The topological polar surface area (TPSA) is 50.1 Å². The van der Waals surface area contributed by atoms with E-state index in [1.165, 1.54) is 0 Å². The van der Waals surface area contributed by atoms with E-state index in [2.05, 4.69) is 10.3 Å². The first kappa shape index (κ1) is 9.43. The number of imidazole rings is 1. The molecule has 0 aromatic carbocycles. The maximum Gasteiger partial charge on any atom is 0.105 e. The molecule has 0 fully saturated rings. The van der Waals surface area contributed by atoms with Crippen molar-refractivity contribution in [2.75, 3.05) is 13.1 Å². The molecule has 0 aliphatic carbocycles. The second kappa shape index (κ2) is 3.55. The largest absolute Gasteiger partial charge is 0.388 e. The predicted octanol–water partition coefficient (Wildman–Crippen LogP) is 0.0760. The molecule has 1 aliphatic rings. The lowest BCUT2D eigenvalue weighted by Crippen LogP contribution is -2.32. The van der Waals surface area contributed by atoms with Crippen LogP contribution in [-0.2, 0) is 7.05 Å². The van der Waals surface area contributed by atoms with Crippen LogP contribution in [0, 0.1) is 6.92 Å². The highest BCUT2D eigenvalue weighted by molar-refractivity contribution is 5.65. The number of aliphatic hydroxyl groups is 1. The van der Waals surface area contributed by atoms with E-state index in [0.29, 0.717) is 6.54 Å². The third kappa shape index (κ3) is 1.58. The second-order valence-corrected chi connectivity index (χ2v) is 3.64. The van der Waals surface area contributed by atoms with Gasteiger partial charge in [-0.2, -0.15) is 0 Å². The molecule has 0 spiro atoms. The van der Waals surface area contributed by atoms with Gasteiger partial charge in [0.2, 0.25) is 0 Å². The number of nitrogens with one attached hydrogen (secondary N) is 1. The Bertz CT molecular complexity index is 367. The van der Waals surface area contributed by atoms with Gasteiger partial charge in [0.25, 0.3) is 0 Å². The average Bonchev–Trinajstić information content (AvgIpc) is 2.48. The maximum absolute atomic E-state index is 9.47. The minimum atomic E-state index is -0.381. The zero-order valence-corrected chi connectivity index (χ0v) is 8.49. The van der Waals surface area contributed by atoms with Crippen molar-refractivity contribution in [3.63, 3.8) is 0 Å². The molecule has 4 nitrogen and oxygen atoms in total. The fourth-order valence-corrected chi connectivity index (χ4v) is 1.68. The summed E-state index contributed by atoms with van der Waals surface area (Å²) in [7, 11) is 1.99. The fraction of sp³-hybridized carbons (Fsp3) is 0.500. The Kier molecular flexibility index (Phi) is 2.39. The molecule has 1 aromatic heterocycles. The zero-order valence-electron chi connectivity index (χ0n) is 8.49. The standard InChI is InChI=1S/C10H15N3O/c1-7-12-6-10(13(7)2)8-3-9(14)5-11-4-8/h3,6,9,11,14H,4-5H2,1-2H3. The number of hydrogen-bond donors (Lipinski definition) is 2. The summed E-state index contributed by atoms with van der Waals surface area (Å²) < 4.78 is 2.03. The summed E-state index contributed by atoms with van der Waals surface area (Å²) in [5.74, 6) is 0.987. The van der Waals surface area contributed by atoms with Gasteiger partial charge in [-0.15, -0.1) is 0 Å². The van der Waals surface area contributed by atoms with Gasteiger partial charge in [-0.3, -0.25) is 0 Å². The van der Waals surface area contributed by atoms with Crippen molar-refractivity contribution >= 4 is 5.57 Å². The highest BCUT2D eigenvalue weighted by Gasteiger charge is 2.14. The van der Waals surface area contributed by atoms with Crippen LogP contribution in [0.25, 0.3) is 5.57 Å². The van der Waals surface area contributed by atoms with Crippen molar-refractivity contribution < 1.29 is 5.11 Å². The molecule has 1 atom stereocenters. The van der Waals surface area contributed by atoms with Gasteiger partial charge in [0.1, 0.15) is 5.82 Å². The third-order valence-corrected chi connectivity index (χ3v) is 2.61. The molecule has 14 heavy (non-hydrogen) atoms. The minimum absolute atomic E-state index is 0.381. The van der Waals surface area contributed by atoms with Crippen LogP contribution in [0.3, 0.4) is 0 Å². The van der Waals surface area contributed by atoms with E-state index in [9.17, 15) is 5.11 Å². The lowest BCUT2D eigenvalue weighted by atomic mass is 10.1. The van der Waals surface area contributed by atoms with Gasteiger partial charge >= 0.3 is 0 Å². The van der Waals surface area contributed by atoms with Crippen molar-refractivity contribution in [3.8, 4) is 0 Å². The van der Waals surface area contributed by atoms with Crippen LogP contribution in [0.1, 0.15) is 11.5 Å². The van der Waals surface area contributed by atoms with Crippen LogP contribution in [0.2, 0.25) is 0 Å². The molecule has 1 aliphatic heterocycles. The molecule has 0 saturated carbocycles. The van der Waals surface area contributed by atoms with Gasteiger partial charge in [0.15, 0.2) is 0 Å². The maximum atomic E-state index is 9.47. The Hall–Kier alpha value is -1.13. The van der Waals surface area contributed by atoms with Gasteiger partial charge in [0.05, 0.1) is 18.0 Å². The van der Waals surface area contributed by atoms with Gasteiger partial charge in [-0.25, -0.2) is 4.98 Å². The van der Waals surface area contributed by atoms with Crippen molar-refractivity contribution in [3.05, 3.63) is 23.8 Å². The fourth-order valence-electron chi connectivity index (χ4n) is 1.68. The van der Waals surface area contributed by atoms with Crippen LogP contribution >= 0.6 is 0 Å². The SMILES string of the molecule is Cc1ncc(C2=CC(O)CNC2)n1C. The third-order valence-electron chi connectivity index (χ3n) is 2.61. The number of nitrogens with zero attached hydrogens (tertiary/aromatic N) is 2. The number of hydrogen-bond acceptors (Lipinski definition) is 3. The number of rotatable bonds is 1.